The molecule has 0 bridgehead atoms. The average molecular weight is 462 g/mol. The van der Waals surface area contributed by atoms with Crippen LogP contribution in [0.5, 0.6) is 0 Å². The first-order valence-electron chi connectivity index (χ1n) is 8.74. The van der Waals surface area contributed by atoms with E-state index in [0.717, 1.165) is 5.56 Å². The van der Waals surface area contributed by atoms with Crippen molar-refractivity contribution < 1.29 is 13.2 Å². The first kappa shape index (κ1) is 21.4. The Labute approximate surface area is 179 Å². The average Bonchev–Trinajstić information content (AvgIpc) is 2.66. The zero-order valence-electron chi connectivity index (χ0n) is 14.9. The Balaban J connectivity index is 1.57. The smallest absolute Gasteiger partial charge is 0.243 e. The molecule has 2 aromatic carbocycles. The lowest BCUT2D eigenvalue weighted by atomic mass is 9.97. The number of carbonyl (C=O) groups excluding carboxylic acids is 1. The van der Waals surface area contributed by atoms with Gasteiger partial charge in [-0.05, 0) is 48.7 Å². The Morgan fingerprint density at radius 1 is 0.964 bits per heavy atom. The quantitative estimate of drug-likeness (QED) is 0.719. The Kier molecular flexibility index (Phi) is 6.89. The van der Waals surface area contributed by atoms with Gasteiger partial charge in [-0.3, -0.25) is 4.79 Å². The number of carbonyl (C=O) groups is 1. The van der Waals surface area contributed by atoms with Crippen LogP contribution in [0.4, 0.5) is 0 Å². The maximum Gasteiger partial charge on any atom is 0.243 e. The van der Waals surface area contributed by atoms with E-state index in [4.69, 9.17) is 34.8 Å². The molecule has 150 valence electrons. The molecule has 0 aromatic heterocycles. The van der Waals surface area contributed by atoms with Crippen LogP contribution in [-0.2, 0) is 21.4 Å². The van der Waals surface area contributed by atoms with Crippen molar-refractivity contribution >= 4 is 50.7 Å². The number of hydrogen-bond acceptors (Lipinski definition) is 3. The van der Waals surface area contributed by atoms with Crippen molar-refractivity contribution in [2.24, 2.45) is 5.92 Å². The second kappa shape index (κ2) is 9.01. The van der Waals surface area contributed by atoms with Crippen molar-refractivity contribution in [1.82, 2.24) is 9.62 Å². The third-order valence-electron chi connectivity index (χ3n) is 4.68. The van der Waals surface area contributed by atoms with Gasteiger partial charge < -0.3 is 5.32 Å². The number of hydrogen-bond donors (Lipinski definition) is 1. The predicted octanol–water partition coefficient (Wildman–Crippen LogP) is 4.36. The second-order valence-corrected chi connectivity index (χ2v) is 9.88. The maximum absolute atomic E-state index is 12.8. The molecule has 3 rings (SSSR count). The van der Waals surface area contributed by atoms with Gasteiger partial charge in [0.2, 0.25) is 15.9 Å². The summed E-state index contributed by atoms with van der Waals surface area (Å²) in [5.41, 5.74) is 0.954. The van der Waals surface area contributed by atoms with Crippen LogP contribution in [0.1, 0.15) is 18.4 Å². The summed E-state index contributed by atoms with van der Waals surface area (Å²) in [5.74, 6) is -0.292. The van der Waals surface area contributed by atoms with Crippen molar-refractivity contribution in [3.8, 4) is 0 Å². The largest absolute Gasteiger partial charge is 0.352 e. The van der Waals surface area contributed by atoms with Crippen LogP contribution in [0, 0.1) is 5.92 Å². The summed E-state index contributed by atoms with van der Waals surface area (Å²) < 4.78 is 27.0. The van der Waals surface area contributed by atoms with Gasteiger partial charge >= 0.3 is 0 Å². The van der Waals surface area contributed by atoms with E-state index in [1.54, 1.807) is 12.1 Å². The topological polar surface area (TPSA) is 66.5 Å². The summed E-state index contributed by atoms with van der Waals surface area (Å²) >= 11 is 17.7. The molecule has 1 aliphatic rings. The summed E-state index contributed by atoms with van der Waals surface area (Å²) in [4.78, 5) is 12.5. The standard InChI is InChI=1S/C19H19Cl3N2O3S/c20-15-3-1-13(2-4-15)12-23-19(25)14-5-7-24(8-6-14)28(26,27)18-10-16(21)9-17(22)11-18/h1-4,9-11,14H,5-8,12H2,(H,23,25). The lowest BCUT2D eigenvalue weighted by Gasteiger charge is -2.30. The summed E-state index contributed by atoms with van der Waals surface area (Å²) in [7, 11) is -3.70. The highest BCUT2D eigenvalue weighted by atomic mass is 35.5. The first-order chi connectivity index (χ1) is 13.3. The zero-order valence-corrected chi connectivity index (χ0v) is 18.0. The van der Waals surface area contributed by atoms with E-state index in [0.29, 0.717) is 24.4 Å². The fraction of sp³-hybridized carbons (Fsp3) is 0.316. The van der Waals surface area contributed by atoms with Crippen molar-refractivity contribution in [2.75, 3.05) is 13.1 Å². The molecule has 1 heterocycles. The molecule has 1 saturated heterocycles. The van der Waals surface area contributed by atoms with E-state index in [9.17, 15) is 13.2 Å². The number of nitrogens with one attached hydrogen (secondary N) is 1. The molecule has 5 nitrogen and oxygen atoms in total. The third-order valence-corrected chi connectivity index (χ3v) is 7.24. The lowest BCUT2D eigenvalue weighted by molar-refractivity contribution is -0.126. The molecular formula is C19H19Cl3N2O3S. The van der Waals surface area contributed by atoms with Crippen LogP contribution < -0.4 is 5.32 Å². The Hall–Kier alpha value is -1.31. The maximum atomic E-state index is 12.8. The molecule has 0 unspecified atom stereocenters. The van der Waals surface area contributed by atoms with Gasteiger partial charge in [-0.15, -0.1) is 0 Å². The summed E-state index contributed by atoms with van der Waals surface area (Å²) in [5, 5.41) is 4.08. The highest BCUT2D eigenvalue weighted by molar-refractivity contribution is 7.89. The van der Waals surface area contributed by atoms with Gasteiger partial charge in [-0.25, -0.2) is 8.42 Å². The second-order valence-electron chi connectivity index (χ2n) is 6.63. The Morgan fingerprint density at radius 2 is 1.54 bits per heavy atom. The predicted molar refractivity (Wildman–Crippen MR) is 111 cm³/mol. The molecule has 2 aromatic rings. The fourth-order valence-electron chi connectivity index (χ4n) is 3.12. The third kappa shape index (κ3) is 5.19. The van der Waals surface area contributed by atoms with Crippen molar-refractivity contribution in [2.45, 2.75) is 24.3 Å². The molecule has 1 aliphatic heterocycles. The van der Waals surface area contributed by atoms with Crippen LogP contribution in [0.25, 0.3) is 0 Å². The molecule has 28 heavy (non-hydrogen) atoms. The molecule has 0 spiro atoms. The van der Waals surface area contributed by atoms with Gasteiger partial charge in [0.15, 0.2) is 0 Å². The molecule has 0 radical (unpaired) electrons. The van der Waals surface area contributed by atoms with E-state index in [1.165, 1.54) is 22.5 Å². The van der Waals surface area contributed by atoms with E-state index in [2.05, 4.69) is 5.32 Å². The molecule has 1 N–H and O–H groups in total. The Bertz CT molecular complexity index is 937. The molecule has 0 saturated carbocycles. The Morgan fingerprint density at radius 3 is 2.11 bits per heavy atom. The molecular weight excluding hydrogens is 443 g/mol. The number of amides is 1. The van der Waals surface area contributed by atoms with Gasteiger partial charge in [0.25, 0.3) is 0 Å². The highest BCUT2D eigenvalue weighted by Crippen LogP contribution is 2.28. The summed E-state index contributed by atoms with van der Waals surface area (Å²) in [6.45, 7) is 0.951. The van der Waals surface area contributed by atoms with Gasteiger partial charge in [-0.1, -0.05) is 46.9 Å². The summed E-state index contributed by atoms with van der Waals surface area (Å²) in [6, 6.07) is 11.5. The van der Waals surface area contributed by atoms with Gasteiger partial charge in [0.1, 0.15) is 0 Å². The van der Waals surface area contributed by atoms with Gasteiger partial charge in [-0.2, -0.15) is 4.31 Å². The van der Waals surface area contributed by atoms with E-state index >= 15 is 0 Å². The van der Waals surface area contributed by atoms with Crippen LogP contribution >= 0.6 is 34.8 Å². The van der Waals surface area contributed by atoms with Crippen LogP contribution in [0.3, 0.4) is 0 Å². The number of piperidine rings is 1. The van der Waals surface area contributed by atoms with Crippen LogP contribution in [0.2, 0.25) is 15.1 Å². The fourth-order valence-corrected chi connectivity index (χ4v) is 5.44. The minimum absolute atomic E-state index is 0.0654. The molecule has 0 atom stereocenters. The number of rotatable bonds is 5. The van der Waals surface area contributed by atoms with Crippen molar-refractivity contribution in [3.63, 3.8) is 0 Å². The molecule has 0 aliphatic carbocycles. The molecule has 1 fully saturated rings. The van der Waals surface area contributed by atoms with E-state index < -0.39 is 10.0 Å². The van der Waals surface area contributed by atoms with Crippen LogP contribution in [0.15, 0.2) is 47.4 Å². The minimum Gasteiger partial charge on any atom is -0.352 e. The summed E-state index contributed by atoms with van der Waals surface area (Å²) in [6.07, 6.45) is 0.917. The van der Waals surface area contributed by atoms with Crippen molar-refractivity contribution in [1.29, 1.82) is 0 Å². The first-order valence-corrected chi connectivity index (χ1v) is 11.3. The molecule has 9 heteroatoms. The van der Waals surface area contributed by atoms with E-state index in [-0.39, 0.29) is 39.9 Å². The number of benzene rings is 2. The van der Waals surface area contributed by atoms with E-state index in [1.807, 2.05) is 12.1 Å². The number of nitrogens with zero attached hydrogens (tertiary/aromatic N) is 1. The van der Waals surface area contributed by atoms with Crippen molar-refractivity contribution in [3.05, 3.63) is 63.1 Å². The molecule has 1 amide bonds. The number of halogens is 3. The van der Waals surface area contributed by atoms with Gasteiger partial charge in [0, 0.05) is 40.6 Å². The lowest BCUT2D eigenvalue weighted by Crippen LogP contribution is -2.42. The monoisotopic (exact) mass is 460 g/mol. The van der Waals surface area contributed by atoms with Gasteiger partial charge in [0.05, 0.1) is 4.90 Å². The van der Waals surface area contributed by atoms with Crippen LogP contribution in [-0.4, -0.2) is 31.7 Å². The number of sulfonamides is 1. The zero-order chi connectivity index (χ0) is 20.3. The highest BCUT2D eigenvalue weighted by Gasteiger charge is 2.32. The normalized spacial score (nSPS) is 16.1. The SMILES string of the molecule is O=C(NCc1ccc(Cl)cc1)C1CCN(S(=O)(=O)c2cc(Cl)cc(Cl)c2)CC1. The minimum atomic E-state index is -3.70.